The first-order chi connectivity index (χ1) is 6.54. The van der Waals surface area contributed by atoms with Crippen LogP contribution in [0.25, 0.3) is 0 Å². The lowest BCUT2D eigenvalue weighted by atomic mass is 9.83. The number of halogens is 1. The smallest absolute Gasteiger partial charge is 0.211 e. The van der Waals surface area contributed by atoms with Crippen molar-refractivity contribution in [1.29, 1.82) is 0 Å². The van der Waals surface area contributed by atoms with Crippen molar-refractivity contribution in [2.24, 2.45) is 5.41 Å². The molecule has 0 aromatic heterocycles. The molecule has 14 heavy (non-hydrogen) atoms. The lowest BCUT2D eigenvalue weighted by molar-refractivity contribution is -0.121. The number of carbonyl (C=O) groups is 1. The first-order valence-corrected chi connectivity index (χ1v) is 6.00. The van der Waals surface area contributed by atoms with E-state index in [0.29, 0.717) is 0 Å². The van der Waals surface area contributed by atoms with Crippen LogP contribution in [0.3, 0.4) is 0 Å². The molecule has 0 aliphatic rings. The summed E-state index contributed by atoms with van der Waals surface area (Å²) in [7, 11) is 0. The van der Waals surface area contributed by atoms with E-state index >= 15 is 0 Å². The number of ketones is 1. The van der Waals surface area contributed by atoms with E-state index < -0.39 is 0 Å². The Morgan fingerprint density at radius 3 is 2.43 bits per heavy atom. The highest BCUT2D eigenvalue weighted by atomic mass is 79.9. The second-order valence-corrected chi connectivity index (χ2v) is 4.64. The molecule has 0 atom stereocenters. The van der Waals surface area contributed by atoms with E-state index in [-0.39, 0.29) is 11.2 Å². The van der Waals surface area contributed by atoms with Crippen molar-refractivity contribution >= 4 is 21.7 Å². The van der Waals surface area contributed by atoms with E-state index in [1.54, 1.807) is 0 Å². The molecule has 0 aromatic rings. The predicted molar refractivity (Wildman–Crippen MR) is 64.3 cm³/mol. The maximum Gasteiger partial charge on any atom is 0.211 e. The largest absolute Gasteiger partial charge is 0.284 e. The van der Waals surface area contributed by atoms with Crippen LogP contribution in [-0.4, -0.2) is 5.78 Å². The van der Waals surface area contributed by atoms with E-state index in [1.807, 2.05) is 13.8 Å². The molecule has 0 bridgehead atoms. The summed E-state index contributed by atoms with van der Waals surface area (Å²) in [4.78, 5) is 14.0. The van der Waals surface area contributed by atoms with Gasteiger partial charge in [-0.15, -0.1) is 0 Å². The molecule has 0 aliphatic heterocycles. The van der Waals surface area contributed by atoms with E-state index in [9.17, 15) is 4.79 Å². The molecule has 0 spiro atoms. The van der Waals surface area contributed by atoms with Crippen molar-refractivity contribution in [3.05, 3.63) is 0 Å². The average molecular weight is 259 g/mol. The molecule has 2 heteroatoms. The summed E-state index contributed by atoms with van der Waals surface area (Å²) < 4.78 is 0. The number of carbonyl (C=O) groups excluding carboxylic acids is 1. The topological polar surface area (TPSA) is 17.1 Å². The Bertz CT molecular complexity index is 232. The molecule has 0 heterocycles. The number of Topliss-reactive ketones (excluding diaryl/α,β-unsaturated/α-hetero) is 1. The summed E-state index contributed by atoms with van der Waals surface area (Å²) in [5.41, 5.74) is -0.283. The van der Waals surface area contributed by atoms with Crippen molar-refractivity contribution in [3.8, 4) is 10.8 Å². The fourth-order valence-corrected chi connectivity index (χ4v) is 1.50. The second-order valence-electron chi connectivity index (χ2n) is 4.24. The Morgan fingerprint density at radius 2 is 1.93 bits per heavy atom. The molecule has 0 aromatic carbocycles. The van der Waals surface area contributed by atoms with E-state index in [2.05, 4.69) is 33.6 Å². The van der Waals surface area contributed by atoms with Gasteiger partial charge in [-0.25, -0.2) is 0 Å². The van der Waals surface area contributed by atoms with Gasteiger partial charge in [-0.2, -0.15) is 0 Å². The monoisotopic (exact) mass is 258 g/mol. The van der Waals surface area contributed by atoms with Crippen LogP contribution in [0.1, 0.15) is 52.9 Å². The maximum atomic E-state index is 11.5. The predicted octanol–water partition coefficient (Wildman–Crippen LogP) is 3.91. The fraction of sp³-hybridized carbons (Fsp3) is 0.750. The maximum absolute atomic E-state index is 11.5. The summed E-state index contributed by atoms with van der Waals surface area (Å²) in [6.07, 6.45) is 5.77. The quantitative estimate of drug-likeness (QED) is 0.522. The highest BCUT2D eigenvalue weighted by Crippen LogP contribution is 2.24. The van der Waals surface area contributed by atoms with Crippen LogP contribution >= 0.6 is 15.9 Å². The van der Waals surface area contributed by atoms with Gasteiger partial charge in [0, 0.05) is 21.3 Å². The molecule has 0 N–H and O–H groups in total. The number of hydrogen-bond donors (Lipinski definition) is 0. The van der Waals surface area contributed by atoms with Crippen molar-refractivity contribution in [1.82, 2.24) is 0 Å². The van der Waals surface area contributed by atoms with Crippen LogP contribution in [0.4, 0.5) is 0 Å². The van der Waals surface area contributed by atoms with Gasteiger partial charge < -0.3 is 0 Å². The van der Waals surface area contributed by atoms with Crippen molar-refractivity contribution in [3.63, 3.8) is 0 Å². The van der Waals surface area contributed by atoms with Gasteiger partial charge in [0.1, 0.15) is 0 Å². The van der Waals surface area contributed by atoms with Gasteiger partial charge in [-0.05, 0) is 17.2 Å². The molecule has 0 rings (SSSR count). The van der Waals surface area contributed by atoms with Crippen molar-refractivity contribution < 1.29 is 4.79 Å². The zero-order valence-electron chi connectivity index (χ0n) is 9.32. The minimum Gasteiger partial charge on any atom is -0.284 e. The Morgan fingerprint density at radius 1 is 1.29 bits per heavy atom. The zero-order valence-corrected chi connectivity index (χ0v) is 10.9. The molecular formula is C12H19BrO. The lowest BCUT2D eigenvalue weighted by Gasteiger charge is -2.19. The van der Waals surface area contributed by atoms with Crippen LogP contribution in [0.2, 0.25) is 0 Å². The molecule has 0 fully saturated rings. The number of unbranched alkanes of at least 4 members (excludes halogenated alkanes) is 3. The summed E-state index contributed by atoms with van der Waals surface area (Å²) in [6.45, 7) is 6.13. The normalized spacial score (nSPS) is 10.6. The van der Waals surface area contributed by atoms with Crippen LogP contribution in [0.15, 0.2) is 0 Å². The Hall–Kier alpha value is -0.290. The van der Waals surface area contributed by atoms with Gasteiger partial charge in [-0.3, -0.25) is 4.79 Å². The SMILES string of the molecule is CCCCCCC(C)(C)C(=O)C#CBr. The molecule has 80 valence electrons. The molecule has 0 aliphatic carbocycles. The molecule has 0 radical (unpaired) electrons. The molecule has 1 nitrogen and oxygen atoms in total. The average Bonchev–Trinajstić information content (AvgIpc) is 2.13. The Labute approximate surface area is 95.8 Å². The summed E-state index contributed by atoms with van der Waals surface area (Å²) in [5.74, 6) is 2.59. The number of rotatable bonds is 6. The van der Waals surface area contributed by atoms with Crippen LogP contribution < -0.4 is 0 Å². The first-order valence-electron chi connectivity index (χ1n) is 5.20. The van der Waals surface area contributed by atoms with Gasteiger partial charge in [0.15, 0.2) is 0 Å². The van der Waals surface area contributed by atoms with Crippen LogP contribution in [0, 0.1) is 16.2 Å². The molecular weight excluding hydrogens is 240 g/mol. The molecule has 0 saturated carbocycles. The standard InChI is InChI=1S/C12H19BrO/c1-4-5-6-7-9-12(2,3)11(14)8-10-13/h4-7,9H2,1-3H3. The summed E-state index contributed by atoms with van der Waals surface area (Å²) in [6, 6.07) is 0. The Kier molecular flexibility index (Phi) is 6.92. The Balaban J connectivity index is 3.92. The van der Waals surface area contributed by atoms with Gasteiger partial charge in [-0.1, -0.05) is 46.5 Å². The first kappa shape index (κ1) is 13.7. The van der Waals surface area contributed by atoms with E-state index in [1.165, 1.54) is 19.3 Å². The minimum atomic E-state index is -0.283. The summed E-state index contributed by atoms with van der Waals surface area (Å²) >= 11 is 2.95. The van der Waals surface area contributed by atoms with Crippen molar-refractivity contribution in [2.75, 3.05) is 0 Å². The van der Waals surface area contributed by atoms with Crippen LogP contribution in [0.5, 0.6) is 0 Å². The van der Waals surface area contributed by atoms with E-state index in [0.717, 1.165) is 12.8 Å². The highest BCUT2D eigenvalue weighted by molar-refractivity contribution is 9.12. The lowest BCUT2D eigenvalue weighted by Crippen LogP contribution is -2.22. The summed E-state index contributed by atoms with van der Waals surface area (Å²) in [5, 5.41) is 0. The number of hydrogen-bond acceptors (Lipinski definition) is 1. The van der Waals surface area contributed by atoms with Crippen molar-refractivity contribution in [2.45, 2.75) is 52.9 Å². The molecule has 0 unspecified atom stereocenters. The third-order valence-electron chi connectivity index (χ3n) is 2.43. The highest BCUT2D eigenvalue weighted by Gasteiger charge is 2.25. The van der Waals surface area contributed by atoms with Gasteiger partial charge in [0.2, 0.25) is 5.78 Å². The minimum absolute atomic E-state index is 0.0332. The van der Waals surface area contributed by atoms with Gasteiger partial charge >= 0.3 is 0 Å². The second kappa shape index (κ2) is 7.06. The third-order valence-corrected chi connectivity index (χ3v) is 2.63. The van der Waals surface area contributed by atoms with Gasteiger partial charge in [0.05, 0.1) is 0 Å². The molecule has 0 saturated heterocycles. The third kappa shape index (κ3) is 5.44. The molecule has 0 amide bonds. The van der Waals surface area contributed by atoms with Crippen LogP contribution in [-0.2, 0) is 4.79 Å². The zero-order chi connectivity index (χ0) is 11.0. The van der Waals surface area contributed by atoms with Gasteiger partial charge in [0.25, 0.3) is 0 Å². The van der Waals surface area contributed by atoms with E-state index in [4.69, 9.17) is 0 Å². The fourth-order valence-electron chi connectivity index (χ4n) is 1.32.